The van der Waals surface area contributed by atoms with Gasteiger partial charge in [-0.25, -0.2) is 0 Å². The van der Waals surface area contributed by atoms with Gasteiger partial charge in [0, 0.05) is 12.1 Å². The van der Waals surface area contributed by atoms with E-state index in [0.717, 1.165) is 17.8 Å². The van der Waals surface area contributed by atoms with Gasteiger partial charge in [-0.05, 0) is 55.1 Å². The van der Waals surface area contributed by atoms with Gasteiger partial charge in [0.15, 0.2) is 0 Å². The first-order chi connectivity index (χ1) is 11.1. The average molecular weight is 330 g/mol. The van der Waals surface area contributed by atoms with Crippen molar-refractivity contribution in [3.63, 3.8) is 0 Å². The lowest BCUT2D eigenvalue weighted by atomic mass is 9.86. The highest BCUT2D eigenvalue weighted by atomic mass is 16.1. The number of nitrogens with zero attached hydrogens (tertiary/aromatic N) is 1. The maximum Gasteiger partial charge on any atom is 0.130 e. The molecule has 0 aromatic heterocycles. The van der Waals surface area contributed by atoms with E-state index in [9.17, 15) is 4.79 Å². The Morgan fingerprint density at radius 1 is 0.917 bits per heavy atom. The summed E-state index contributed by atoms with van der Waals surface area (Å²) in [5, 5.41) is 0. The number of carbonyl (C=O) groups is 1. The van der Waals surface area contributed by atoms with Crippen LogP contribution >= 0.6 is 0 Å². The average Bonchev–Trinajstić information content (AvgIpc) is 2.45. The van der Waals surface area contributed by atoms with E-state index in [4.69, 9.17) is 4.99 Å². The molecule has 0 spiro atoms. The van der Waals surface area contributed by atoms with Crippen molar-refractivity contribution in [2.45, 2.75) is 80.1 Å². The predicted octanol–water partition coefficient (Wildman–Crippen LogP) is 6.67. The Morgan fingerprint density at radius 2 is 1.42 bits per heavy atom. The van der Waals surface area contributed by atoms with Crippen LogP contribution in [0.25, 0.3) is 0 Å². The Kier molecular flexibility index (Phi) is 7.86. The second-order valence-corrected chi connectivity index (χ2v) is 8.06. The topological polar surface area (TPSA) is 29.4 Å². The summed E-state index contributed by atoms with van der Waals surface area (Å²) in [4.78, 5) is 16.6. The van der Waals surface area contributed by atoms with Gasteiger partial charge in [0.2, 0.25) is 0 Å². The SMILES string of the molecule is CC(=O)CC(CC(C)=Nc1c(C(C)C)cccc1C(C)C)C(C)C. The van der Waals surface area contributed by atoms with Crippen LogP contribution in [0.4, 0.5) is 5.69 Å². The lowest BCUT2D eigenvalue weighted by Crippen LogP contribution is -2.16. The second kappa shape index (κ2) is 9.15. The molecule has 0 saturated heterocycles. The number of ketones is 1. The zero-order valence-corrected chi connectivity index (χ0v) is 16.8. The van der Waals surface area contributed by atoms with Crippen LogP contribution in [-0.2, 0) is 4.79 Å². The number of rotatable bonds is 8. The highest BCUT2D eigenvalue weighted by Crippen LogP contribution is 2.35. The molecule has 0 aliphatic heterocycles. The Morgan fingerprint density at radius 3 is 1.79 bits per heavy atom. The minimum atomic E-state index is 0.270. The van der Waals surface area contributed by atoms with E-state index in [1.54, 1.807) is 6.92 Å². The molecule has 0 heterocycles. The first kappa shape index (κ1) is 20.6. The molecule has 1 aromatic carbocycles. The molecule has 1 unspecified atom stereocenters. The summed E-state index contributed by atoms with van der Waals surface area (Å²) in [7, 11) is 0. The second-order valence-electron chi connectivity index (χ2n) is 8.06. The molecule has 2 nitrogen and oxygen atoms in total. The maximum absolute atomic E-state index is 11.5. The van der Waals surface area contributed by atoms with Crippen LogP contribution in [0.5, 0.6) is 0 Å². The molecule has 1 rings (SSSR count). The van der Waals surface area contributed by atoms with Gasteiger partial charge in [-0.2, -0.15) is 0 Å². The molecule has 0 radical (unpaired) electrons. The van der Waals surface area contributed by atoms with E-state index in [-0.39, 0.29) is 5.78 Å². The fourth-order valence-electron chi connectivity index (χ4n) is 3.17. The van der Waals surface area contributed by atoms with Crippen molar-refractivity contribution in [1.82, 2.24) is 0 Å². The maximum atomic E-state index is 11.5. The number of aliphatic imine (C=N–C) groups is 1. The smallest absolute Gasteiger partial charge is 0.130 e. The minimum Gasteiger partial charge on any atom is -0.300 e. The fraction of sp³-hybridized carbons (Fsp3) is 0.636. The van der Waals surface area contributed by atoms with Gasteiger partial charge in [0.25, 0.3) is 0 Å². The van der Waals surface area contributed by atoms with E-state index in [2.05, 4.69) is 66.7 Å². The predicted molar refractivity (Wildman–Crippen MR) is 106 cm³/mol. The van der Waals surface area contributed by atoms with Gasteiger partial charge < -0.3 is 4.79 Å². The van der Waals surface area contributed by atoms with Crippen molar-refractivity contribution in [3.05, 3.63) is 29.3 Å². The molecule has 1 atom stereocenters. The van der Waals surface area contributed by atoms with Crippen molar-refractivity contribution in [3.8, 4) is 0 Å². The molecule has 2 heteroatoms. The molecule has 1 aromatic rings. The Hall–Kier alpha value is -1.44. The Bertz CT molecular complexity index is 555. The molecule has 0 fully saturated rings. The third-order valence-corrected chi connectivity index (χ3v) is 4.70. The first-order valence-electron chi connectivity index (χ1n) is 9.29. The number of hydrogen-bond donors (Lipinski definition) is 0. The molecule has 24 heavy (non-hydrogen) atoms. The summed E-state index contributed by atoms with van der Waals surface area (Å²) in [6.07, 6.45) is 1.54. The summed E-state index contributed by atoms with van der Waals surface area (Å²) in [5.41, 5.74) is 4.90. The summed E-state index contributed by atoms with van der Waals surface area (Å²) in [5.74, 6) is 2.04. The van der Waals surface area contributed by atoms with Crippen LogP contribution in [0.2, 0.25) is 0 Å². The highest BCUT2D eigenvalue weighted by Gasteiger charge is 2.18. The van der Waals surface area contributed by atoms with Gasteiger partial charge in [-0.1, -0.05) is 59.7 Å². The van der Waals surface area contributed by atoms with Gasteiger partial charge in [-0.3, -0.25) is 4.99 Å². The van der Waals surface area contributed by atoms with Gasteiger partial charge in [-0.15, -0.1) is 0 Å². The molecule has 0 amide bonds. The number of para-hydroxylation sites is 1. The van der Waals surface area contributed by atoms with Crippen LogP contribution < -0.4 is 0 Å². The molecule has 0 N–H and O–H groups in total. The van der Waals surface area contributed by atoms with E-state index in [1.165, 1.54) is 11.1 Å². The van der Waals surface area contributed by atoms with Crippen molar-refractivity contribution < 1.29 is 4.79 Å². The van der Waals surface area contributed by atoms with Crippen LogP contribution in [-0.4, -0.2) is 11.5 Å². The zero-order valence-electron chi connectivity index (χ0n) is 16.8. The van der Waals surface area contributed by atoms with Gasteiger partial charge >= 0.3 is 0 Å². The van der Waals surface area contributed by atoms with Crippen LogP contribution in [0, 0.1) is 11.8 Å². The monoisotopic (exact) mass is 329 g/mol. The van der Waals surface area contributed by atoms with Crippen molar-refractivity contribution >= 4 is 17.2 Å². The van der Waals surface area contributed by atoms with Crippen molar-refractivity contribution in [2.75, 3.05) is 0 Å². The van der Waals surface area contributed by atoms with E-state index in [1.807, 2.05) is 0 Å². The van der Waals surface area contributed by atoms with Crippen LogP contribution in [0.1, 0.15) is 91.2 Å². The number of hydrogen-bond acceptors (Lipinski definition) is 2. The number of Topliss-reactive ketones (excluding diaryl/α,β-unsaturated/α-hetero) is 1. The standard InChI is InChI=1S/C22H35NO/c1-14(2)19(13-18(8)24)12-17(7)23-22-20(15(3)4)10-9-11-21(22)16(5)6/h9-11,14-16,19H,12-13H2,1-8H3. The number of benzene rings is 1. The van der Waals surface area contributed by atoms with E-state index < -0.39 is 0 Å². The van der Waals surface area contributed by atoms with Gasteiger partial charge in [0.1, 0.15) is 5.78 Å². The normalized spacial score (nSPS) is 13.9. The van der Waals surface area contributed by atoms with Crippen LogP contribution in [0.15, 0.2) is 23.2 Å². The van der Waals surface area contributed by atoms with E-state index in [0.29, 0.717) is 30.1 Å². The number of carbonyl (C=O) groups excluding carboxylic acids is 1. The minimum absolute atomic E-state index is 0.270. The molecule has 0 aliphatic rings. The zero-order chi connectivity index (χ0) is 18.4. The largest absolute Gasteiger partial charge is 0.300 e. The summed E-state index contributed by atoms with van der Waals surface area (Å²) in [6, 6.07) is 6.53. The quantitative estimate of drug-likeness (QED) is 0.490. The first-order valence-corrected chi connectivity index (χ1v) is 9.29. The third kappa shape index (κ3) is 5.89. The highest BCUT2D eigenvalue weighted by molar-refractivity contribution is 5.86. The fourth-order valence-corrected chi connectivity index (χ4v) is 3.17. The molecule has 0 saturated carbocycles. The Labute approximate surface area is 148 Å². The van der Waals surface area contributed by atoms with Crippen molar-refractivity contribution in [1.29, 1.82) is 0 Å². The molecule has 0 bridgehead atoms. The Balaban J connectivity index is 3.20. The lowest BCUT2D eigenvalue weighted by Gasteiger charge is -2.21. The van der Waals surface area contributed by atoms with E-state index >= 15 is 0 Å². The molecule has 0 aliphatic carbocycles. The summed E-state index contributed by atoms with van der Waals surface area (Å²) in [6.45, 7) is 17.1. The summed E-state index contributed by atoms with van der Waals surface area (Å²) >= 11 is 0. The van der Waals surface area contributed by atoms with Crippen molar-refractivity contribution in [2.24, 2.45) is 16.8 Å². The van der Waals surface area contributed by atoms with Crippen LogP contribution in [0.3, 0.4) is 0 Å². The lowest BCUT2D eigenvalue weighted by molar-refractivity contribution is -0.118. The molecule has 134 valence electrons. The molecular formula is C22H35NO. The van der Waals surface area contributed by atoms with Gasteiger partial charge in [0.05, 0.1) is 5.69 Å². The summed E-state index contributed by atoms with van der Waals surface area (Å²) < 4.78 is 0. The third-order valence-electron chi connectivity index (χ3n) is 4.70. The molecular weight excluding hydrogens is 294 g/mol.